The van der Waals surface area contributed by atoms with Crippen LogP contribution in [0, 0.1) is 0 Å². The van der Waals surface area contributed by atoms with Crippen molar-refractivity contribution in [1.29, 1.82) is 0 Å². The van der Waals surface area contributed by atoms with Crippen LogP contribution >= 0.6 is 0 Å². The van der Waals surface area contributed by atoms with Crippen LogP contribution in [0.3, 0.4) is 0 Å². The fourth-order valence-corrected chi connectivity index (χ4v) is 2.30. The summed E-state index contributed by atoms with van der Waals surface area (Å²) in [5.41, 5.74) is -1.77. The number of alkyl halides is 3. The third kappa shape index (κ3) is 5.86. The van der Waals surface area contributed by atoms with Crippen molar-refractivity contribution in [3.63, 3.8) is 0 Å². The van der Waals surface area contributed by atoms with Crippen molar-refractivity contribution >= 4 is 23.3 Å². The Bertz CT molecular complexity index is 906. The van der Waals surface area contributed by atoms with Gasteiger partial charge in [-0.25, -0.2) is 4.79 Å². The zero-order valence-corrected chi connectivity index (χ0v) is 15.1. The molecule has 10 heteroatoms. The minimum Gasteiger partial charge on any atom is -0.336 e. The van der Waals surface area contributed by atoms with E-state index in [1.54, 1.807) is 12.1 Å². The first-order valence-electron chi connectivity index (χ1n) is 8.30. The average molecular weight is 396 g/mol. The van der Waals surface area contributed by atoms with Gasteiger partial charge in [-0.2, -0.15) is 13.2 Å². The van der Waals surface area contributed by atoms with E-state index in [1.807, 2.05) is 13.8 Å². The summed E-state index contributed by atoms with van der Waals surface area (Å²) < 4.78 is 39.0. The van der Waals surface area contributed by atoms with Gasteiger partial charge in [-0.15, -0.1) is 0 Å². The standard InChI is InChI=1S/C18H19F3N4O3/c1-11(2)22-17(28)24-13-7-5-12(6-8-13)23-15(26)10-25-9-3-4-14(16(25)27)18(19,20)21/h3-9,11H,10H2,1-2H3,(H,23,26)(H2,22,24,28). The van der Waals surface area contributed by atoms with Crippen molar-refractivity contribution in [3.8, 4) is 0 Å². The minimum absolute atomic E-state index is 0.0298. The summed E-state index contributed by atoms with van der Waals surface area (Å²) in [6, 6.07) is 7.43. The van der Waals surface area contributed by atoms with Gasteiger partial charge in [0.15, 0.2) is 0 Å². The molecule has 0 atom stereocenters. The van der Waals surface area contributed by atoms with Crippen LogP contribution in [-0.2, 0) is 17.5 Å². The highest BCUT2D eigenvalue weighted by atomic mass is 19.4. The highest BCUT2D eigenvalue weighted by molar-refractivity contribution is 5.92. The van der Waals surface area contributed by atoms with Crippen LogP contribution < -0.4 is 21.5 Å². The molecule has 0 bridgehead atoms. The molecule has 1 heterocycles. The Morgan fingerprint density at radius 3 is 2.14 bits per heavy atom. The van der Waals surface area contributed by atoms with Crippen molar-refractivity contribution in [2.75, 3.05) is 10.6 Å². The van der Waals surface area contributed by atoms with Gasteiger partial charge in [0.1, 0.15) is 12.1 Å². The molecule has 150 valence electrons. The Labute approximate surface area is 158 Å². The largest absolute Gasteiger partial charge is 0.421 e. The number of pyridine rings is 1. The number of carbonyl (C=O) groups is 2. The van der Waals surface area contributed by atoms with Crippen molar-refractivity contribution in [3.05, 3.63) is 58.5 Å². The Morgan fingerprint density at radius 1 is 1.04 bits per heavy atom. The van der Waals surface area contributed by atoms with E-state index in [4.69, 9.17) is 0 Å². The number of aromatic nitrogens is 1. The monoisotopic (exact) mass is 396 g/mol. The second-order valence-electron chi connectivity index (χ2n) is 6.23. The number of carbonyl (C=O) groups excluding carboxylic acids is 2. The molecule has 7 nitrogen and oxygen atoms in total. The second-order valence-corrected chi connectivity index (χ2v) is 6.23. The first kappa shape index (κ1) is 21.0. The van der Waals surface area contributed by atoms with Crippen molar-refractivity contribution in [1.82, 2.24) is 9.88 Å². The second kappa shape index (κ2) is 8.59. The summed E-state index contributed by atoms with van der Waals surface area (Å²) in [5, 5.41) is 7.74. The Balaban J connectivity index is 2.01. The van der Waals surface area contributed by atoms with Crippen molar-refractivity contribution in [2.45, 2.75) is 32.6 Å². The summed E-state index contributed by atoms with van der Waals surface area (Å²) in [7, 11) is 0. The summed E-state index contributed by atoms with van der Waals surface area (Å²) >= 11 is 0. The zero-order valence-electron chi connectivity index (χ0n) is 15.1. The predicted molar refractivity (Wildman–Crippen MR) is 98.1 cm³/mol. The molecular weight excluding hydrogens is 377 g/mol. The number of hydrogen-bond donors (Lipinski definition) is 3. The van der Waals surface area contributed by atoms with E-state index in [0.29, 0.717) is 22.0 Å². The summed E-state index contributed by atoms with van der Waals surface area (Å²) in [4.78, 5) is 35.5. The first-order chi connectivity index (χ1) is 13.1. The molecule has 3 amide bonds. The molecule has 28 heavy (non-hydrogen) atoms. The van der Waals surface area contributed by atoms with E-state index in [2.05, 4.69) is 16.0 Å². The lowest BCUT2D eigenvalue weighted by Gasteiger charge is -2.12. The fraction of sp³-hybridized carbons (Fsp3) is 0.278. The van der Waals surface area contributed by atoms with Crippen molar-refractivity contribution < 1.29 is 22.8 Å². The summed E-state index contributed by atoms with van der Waals surface area (Å²) in [6.45, 7) is 3.06. The first-order valence-corrected chi connectivity index (χ1v) is 8.30. The van der Waals surface area contributed by atoms with Gasteiger partial charge in [0.2, 0.25) is 5.91 Å². The molecule has 0 aliphatic heterocycles. The number of hydrogen-bond acceptors (Lipinski definition) is 3. The third-order valence-electron chi connectivity index (χ3n) is 3.49. The van der Waals surface area contributed by atoms with Crippen LogP contribution in [0.4, 0.5) is 29.3 Å². The van der Waals surface area contributed by atoms with E-state index < -0.39 is 29.8 Å². The quantitative estimate of drug-likeness (QED) is 0.725. The highest BCUT2D eigenvalue weighted by Crippen LogP contribution is 2.26. The summed E-state index contributed by atoms with van der Waals surface area (Å²) in [6.07, 6.45) is -3.68. The number of benzene rings is 1. The lowest BCUT2D eigenvalue weighted by Crippen LogP contribution is -2.34. The minimum atomic E-state index is -4.79. The molecular formula is C18H19F3N4O3. The Hall–Kier alpha value is -3.30. The van der Waals surface area contributed by atoms with E-state index in [0.717, 1.165) is 12.3 Å². The number of rotatable bonds is 5. The van der Waals surface area contributed by atoms with Crippen molar-refractivity contribution in [2.24, 2.45) is 0 Å². The average Bonchev–Trinajstić information content (AvgIpc) is 2.56. The van der Waals surface area contributed by atoms with Gasteiger partial charge in [-0.3, -0.25) is 9.59 Å². The molecule has 0 fully saturated rings. The van der Waals surface area contributed by atoms with Gasteiger partial charge in [-0.1, -0.05) is 0 Å². The number of anilines is 2. The third-order valence-corrected chi connectivity index (χ3v) is 3.49. The molecule has 0 aliphatic carbocycles. The zero-order chi connectivity index (χ0) is 20.9. The Kier molecular flexibility index (Phi) is 6.45. The topological polar surface area (TPSA) is 92.2 Å². The maximum Gasteiger partial charge on any atom is 0.421 e. The van der Waals surface area contributed by atoms with Gasteiger partial charge in [-0.05, 0) is 50.2 Å². The predicted octanol–water partition coefficient (Wildman–Crippen LogP) is 3.04. The fourth-order valence-electron chi connectivity index (χ4n) is 2.30. The smallest absolute Gasteiger partial charge is 0.336 e. The van der Waals surface area contributed by atoms with Crippen LogP contribution in [0.2, 0.25) is 0 Å². The molecule has 0 saturated carbocycles. The molecule has 1 aromatic carbocycles. The van der Waals surface area contributed by atoms with Crippen LogP contribution in [0.5, 0.6) is 0 Å². The molecule has 3 N–H and O–H groups in total. The normalized spacial score (nSPS) is 11.2. The van der Waals surface area contributed by atoms with E-state index in [9.17, 15) is 27.6 Å². The summed E-state index contributed by atoms with van der Waals surface area (Å²) in [5.74, 6) is -0.667. The van der Waals surface area contributed by atoms with Gasteiger partial charge >= 0.3 is 12.2 Å². The van der Waals surface area contributed by atoms with Crippen LogP contribution in [0.25, 0.3) is 0 Å². The van der Waals surface area contributed by atoms with Crippen LogP contribution in [0.15, 0.2) is 47.4 Å². The maximum atomic E-state index is 12.8. The lowest BCUT2D eigenvalue weighted by molar-refractivity contribution is -0.139. The lowest BCUT2D eigenvalue weighted by atomic mass is 10.2. The van der Waals surface area contributed by atoms with Gasteiger partial charge in [0.05, 0.1) is 0 Å². The number of halogens is 3. The molecule has 0 aliphatic rings. The van der Waals surface area contributed by atoms with E-state index >= 15 is 0 Å². The van der Waals surface area contributed by atoms with Gasteiger partial charge < -0.3 is 20.5 Å². The maximum absolute atomic E-state index is 12.8. The number of urea groups is 1. The molecule has 2 rings (SSSR count). The SMILES string of the molecule is CC(C)NC(=O)Nc1ccc(NC(=O)Cn2cccc(C(F)(F)F)c2=O)cc1. The van der Waals surface area contributed by atoms with Gasteiger partial charge in [0.25, 0.3) is 5.56 Å². The highest BCUT2D eigenvalue weighted by Gasteiger charge is 2.34. The molecule has 1 aromatic heterocycles. The molecule has 0 saturated heterocycles. The van der Waals surface area contributed by atoms with Crippen LogP contribution in [0.1, 0.15) is 19.4 Å². The number of nitrogens with one attached hydrogen (secondary N) is 3. The number of nitrogens with zero attached hydrogens (tertiary/aromatic N) is 1. The Morgan fingerprint density at radius 2 is 1.61 bits per heavy atom. The van der Waals surface area contributed by atoms with E-state index in [-0.39, 0.29) is 12.1 Å². The molecule has 0 spiro atoms. The molecule has 0 unspecified atom stereocenters. The number of amides is 3. The van der Waals surface area contributed by atoms with E-state index in [1.165, 1.54) is 12.1 Å². The van der Waals surface area contributed by atoms with Crippen LogP contribution in [-0.4, -0.2) is 22.5 Å². The van der Waals surface area contributed by atoms with Gasteiger partial charge in [0, 0.05) is 23.6 Å². The molecule has 0 radical (unpaired) electrons. The molecule has 2 aromatic rings.